The maximum absolute atomic E-state index is 12.8. The Morgan fingerprint density at radius 2 is 2.18 bits per heavy atom. The van der Waals surface area contributed by atoms with E-state index < -0.39 is 12.4 Å². The van der Waals surface area contributed by atoms with Crippen LogP contribution in [0.4, 0.5) is 8.78 Å². The Kier molecular flexibility index (Phi) is 5.97. The molecule has 3 nitrogen and oxygen atoms in total. The summed E-state index contributed by atoms with van der Waals surface area (Å²) in [6, 6.07) is 1.55. The van der Waals surface area contributed by atoms with E-state index in [0.29, 0.717) is 3.70 Å². The number of esters is 1. The van der Waals surface area contributed by atoms with Crippen molar-refractivity contribution < 1.29 is 18.3 Å². The number of ether oxygens (including phenoxy) is 1. The second kappa shape index (κ2) is 6.76. The second-order valence-electron chi connectivity index (χ2n) is 3.09. The second-order valence-corrected chi connectivity index (χ2v) is 5.27. The largest absolute Gasteiger partial charge is 0.466 e. The molecule has 0 aliphatic rings. The van der Waals surface area contributed by atoms with Crippen molar-refractivity contribution in [2.24, 2.45) is 0 Å². The SMILES string of the molecule is CCOC(=O)Cc1cc(I)c(I)nc1C(F)F. The number of carbonyl (C=O) groups excluding carboxylic acids is 1. The van der Waals surface area contributed by atoms with Crippen LogP contribution in [0, 0.1) is 7.27 Å². The lowest BCUT2D eigenvalue weighted by Gasteiger charge is -2.09. The van der Waals surface area contributed by atoms with Gasteiger partial charge in [0.25, 0.3) is 6.43 Å². The molecule has 0 aromatic carbocycles. The van der Waals surface area contributed by atoms with Crippen LogP contribution in [0.1, 0.15) is 24.6 Å². The number of aromatic nitrogens is 1. The summed E-state index contributed by atoms with van der Waals surface area (Å²) in [4.78, 5) is 15.1. The number of carbonyl (C=O) groups is 1. The molecule has 0 unspecified atom stereocenters. The van der Waals surface area contributed by atoms with Crippen molar-refractivity contribution in [1.29, 1.82) is 0 Å². The first-order valence-electron chi connectivity index (χ1n) is 4.74. The molecule has 0 saturated carbocycles. The smallest absolute Gasteiger partial charge is 0.310 e. The quantitative estimate of drug-likeness (QED) is 0.388. The first kappa shape index (κ1) is 15.0. The maximum Gasteiger partial charge on any atom is 0.310 e. The lowest BCUT2D eigenvalue weighted by molar-refractivity contribution is -0.142. The van der Waals surface area contributed by atoms with Gasteiger partial charge < -0.3 is 4.74 Å². The summed E-state index contributed by atoms with van der Waals surface area (Å²) in [5.41, 5.74) is -0.119. The molecule has 1 heterocycles. The fourth-order valence-electron chi connectivity index (χ4n) is 1.22. The third-order valence-corrected chi connectivity index (χ3v) is 4.57. The van der Waals surface area contributed by atoms with Crippen LogP contribution in [-0.4, -0.2) is 17.6 Å². The predicted octanol–water partition coefficient (Wildman–Crippen LogP) is 3.33. The van der Waals surface area contributed by atoms with Crippen molar-refractivity contribution in [1.82, 2.24) is 4.98 Å². The number of hydrogen-bond acceptors (Lipinski definition) is 3. The first-order chi connectivity index (χ1) is 7.95. The van der Waals surface area contributed by atoms with Crippen LogP contribution in [-0.2, 0) is 16.0 Å². The fourth-order valence-corrected chi connectivity index (χ4v) is 2.13. The van der Waals surface area contributed by atoms with Crippen LogP contribution >= 0.6 is 45.2 Å². The number of hydrogen-bond donors (Lipinski definition) is 0. The van der Waals surface area contributed by atoms with Crippen LogP contribution in [0.5, 0.6) is 0 Å². The molecule has 0 spiro atoms. The monoisotopic (exact) mass is 467 g/mol. The number of alkyl halides is 2. The molecule has 0 saturated heterocycles. The maximum atomic E-state index is 12.8. The number of halogens is 4. The molecule has 0 radical (unpaired) electrons. The van der Waals surface area contributed by atoms with E-state index in [1.807, 2.05) is 45.2 Å². The molecule has 0 aliphatic carbocycles. The van der Waals surface area contributed by atoms with Gasteiger partial charge in [-0.25, -0.2) is 13.8 Å². The molecule has 0 aliphatic heterocycles. The zero-order valence-corrected chi connectivity index (χ0v) is 13.2. The minimum Gasteiger partial charge on any atom is -0.466 e. The van der Waals surface area contributed by atoms with Crippen LogP contribution in [0.3, 0.4) is 0 Å². The summed E-state index contributed by atoms with van der Waals surface area (Å²) >= 11 is 3.87. The van der Waals surface area contributed by atoms with Gasteiger partial charge in [0, 0.05) is 3.57 Å². The summed E-state index contributed by atoms with van der Waals surface area (Å²) in [5.74, 6) is -0.520. The van der Waals surface area contributed by atoms with Crippen molar-refractivity contribution in [3.63, 3.8) is 0 Å². The average Bonchev–Trinajstić information content (AvgIpc) is 2.23. The molecule has 0 bridgehead atoms. The third kappa shape index (κ3) is 4.27. The molecular formula is C10H9F2I2NO2. The fraction of sp³-hybridized carbons (Fsp3) is 0.400. The predicted molar refractivity (Wildman–Crippen MR) is 75.0 cm³/mol. The van der Waals surface area contributed by atoms with Gasteiger partial charge in [0.1, 0.15) is 9.39 Å². The van der Waals surface area contributed by atoms with Gasteiger partial charge in [-0.15, -0.1) is 0 Å². The molecule has 0 fully saturated rings. The molecule has 1 rings (SSSR count). The van der Waals surface area contributed by atoms with E-state index in [9.17, 15) is 13.6 Å². The Labute approximate surface area is 125 Å². The standard InChI is InChI=1S/C10H9F2I2NO2/c1-2-17-7(16)4-5-3-6(13)10(14)15-8(5)9(11)12/h3,9H,2,4H2,1H3. The van der Waals surface area contributed by atoms with E-state index in [-0.39, 0.29) is 24.3 Å². The van der Waals surface area contributed by atoms with Crippen molar-refractivity contribution in [2.45, 2.75) is 19.8 Å². The van der Waals surface area contributed by atoms with E-state index >= 15 is 0 Å². The topological polar surface area (TPSA) is 39.2 Å². The van der Waals surface area contributed by atoms with Crippen molar-refractivity contribution in [3.8, 4) is 0 Å². The molecule has 1 aromatic heterocycles. The lowest BCUT2D eigenvalue weighted by atomic mass is 10.1. The normalized spacial score (nSPS) is 10.7. The summed E-state index contributed by atoms with van der Waals surface area (Å²) < 4.78 is 31.5. The minimum atomic E-state index is -2.69. The Balaban J connectivity index is 3.04. The van der Waals surface area contributed by atoms with E-state index in [1.54, 1.807) is 13.0 Å². The number of pyridine rings is 1. The Hall–Kier alpha value is -0.0600. The van der Waals surface area contributed by atoms with Crippen molar-refractivity contribution >= 4 is 51.2 Å². The van der Waals surface area contributed by atoms with E-state index in [4.69, 9.17) is 4.74 Å². The van der Waals surface area contributed by atoms with Crippen LogP contribution in [0.15, 0.2) is 6.07 Å². The Bertz CT molecular complexity index is 427. The summed E-state index contributed by atoms with van der Waals surface area (Å²) in [6.07, 6.45) is -2.86. The van der Waals surface area contributed by atoms with E-state index in [1.165, 1.54) is 0 Å². The minimum absolute atomic E-state index is 0.173. The summed E-state index contributed by atoms with van der Waals surface area (Å²) in [5, 5.41) is 0. The van der Waals surface area contributed by atoms with Gasteiger partial charge in [-0.05, 0) is 63.7 Å². The molecule has 17 heavy (non-hydrogen) atoms. The van der Waals surface area contributed by atoms with Gasteiger partial charge in [0.05, 0.1) is 13.0 Å². The van der Waals surface area contributed by atoms with Crippen molar-refractivity contribution in [2.75, 3.05) is 6.61 Å². The van der Waals surface area contributed by atoms with Crippen LogP contribution < -0.4 is 0 Å². The molecule has 0 amide bonds. The third-order valence-electron chi connectivity index (χ3n) is 1.89. The van der Waals surface area contributed by atoms with Gasteiger partial charge in [-0.2, -0.15) is 0 Å². The zero-order valence-electron chi connectivity index (χ0n) is 8.84. The molecule has 0 N–H and O–H groups in total. The zero-order chi connectivity index (χ0) is 13.0. The summed E-state index contributed by atoms with van der Waals surface area (Å²) in [6.45, 7) is 1.90. The average molecular weight is 467 g/mol. The van der Waals surface area contributed by atoms with Gasteiger partial charge >= 0.3 is 5.97 Å². The van der Waals surface area contributed by atoms with Gasteiger partial charge in [0.2, 0.25) is 0 Å². The van der Waals surface area contributed by atoms with Crippen molar-refractivity contribution in [3.05, 3.63) is 24.6 Å². The lowest BCUT2D eigenvalue weighted by Crippen LogP contribution is -2.11. The van der Waals surface area contributed by atoms with Crippen LogP contribution in [0.2, 0.25) is 0 Å². The molecule has 1 aromatic rings. The van der Waals surface area contributed by atoms with E-state index in [2.05, 4.69) is 4.98 Å². The Morgan fingerprint density at radius 1 is 1.53 bits per heavy atom. The summed E-state index contributed by atoms with van der Waals surface area (Å²) in [7, 11) is 0. The Morgan fingerprint density at radius 3 is 2.71 bits per heavy atom. The molecule has 0 atom stereocenters. The first-order valence-corrected chi connectivity index (χ1v) is 6.90. The highest BCUT2D eigenvalue weighted by Gasteiger charge is 2.19. The van der Waals surface area contributed by atoms with E-state index in [0.717, 1.165) is 3.57 Å². The highest BCUT2D eigenvalue weighted by molar-refractivity contribution is 14.1. The van der Waals surface area contributed by atoms with Crippen LogP contribution in [0.25, 0.3) is 0 Å². The number of rotatable bonds is 4. The highest BCUT2D eigenvalue weighted by atomic mass is 127. The molecule has 94 valence electrons. The number of nitrogens with zero attached hydrogens (tertiary/aromatic N) is 1. The highest BCUT2D eigenvalue weighted by Crippen LogP contribution is 2.25. The van der Waals surface area contributed by atoms with Gasteiger partial charge in [0.15, 0.2) is 0 Å². The molecule has 7 heteroatoms. The molecular weight excluding hydrogens is 458 g/mol. The van der Waals surface area contributed by atoms with Gasteiger partial charge in [-0.1, -0.05) is 0 Å². The van der Waals surface area contributed by atoms with Gasteiger partial charge in [-0.3, -0.25) is 4.79 Å².